The standard InChI is InChI=1S/C15H13N3O2/c1-19-13-4-2-3-11(9-13)14-17-15(20-18-14)10-5-7-12(16)8-6-10/h2-9H,16H2,1H3. The van der Waals surface area contributed by atoms with Crippen molar-refractivity contribution in [3.63, 3.8) is 0 Å². The normalized spacial score (nSPS) is 10.4. The molecule has 5 heteroatoms. The molecular weight excluding hydrogens is 254 g/mol. The summed E-state index contributed by atoms with van der Waals surface area (Å²) in [5.74, 6) is 1.74. The molecule has 0 spiro atoms. The minimum Gasteiger partial charge on any atom is -0.497 e. The van der Waals surface area contributed by atoms with Crippen LogP contribution in [0.15, 0.2) is 53.1 Å². The Balaban J connectivity index is 1.95. The Labute approximate surface area is 116 Å². The van der Waals surface area contributed by atoms with E-state index in [0.717, 1.165) is 16.9 Å². The van der Waals surface area contributed by atoms with Crippen LogP contribution < -0.4 is 10.5 Å². The molecule has 2 N–H and O–H groups in total. The van der Waals surface area contributed by atoms with Gasteiger partial charge in [-0.25, -0.2) is 0 Å². The third-order valence-electron chi connectivity index (χ3n) is 2.91. The molecule has 1 aromatic heterocycles. The highest BCUT2D eigenvalue weighted by Gasteiger charge is 2.10. The van der Waals surface area contributed by atoms with Crippen molar-refractivity contribution in [3.8, 4) is 28.6 Å². The van der Waals surface area contributed by atoms with Crippen molar-refractivity contribution in [2.24, 2.45) is 0 Å². The van der Waals surface area contributed by atoms with Crippen LogP contribution in [-0.4, -0.2) is 17.3 Å². The van der Waals surface area contributed by atoms with Gasteiger partial charge >= 0.3 is 0 Å². The van der Waals surface area contributed by atoms with E-state index in [1.807, 2.05) is 36.4 Å². The van der Waals surface area contributed by atoms with Gasteiger partial charge in [0.15, 0.2) is 0 Å². The first kappa shape index (κ1) is 12.2. The molecule has 0 bridgehead atoms. The second-order valence-electron chi connectivity index (χ2n) is 4.28. The van der Waals surface area contributed by atoms with E-state index in [2.05, 4.69) is 10.1 Å². The van der Waals surface area contributed by atoms with Crippen LogP contribution in [0.4, 0.5) is 5.69 Å². The maximum Gasteiger partial charge on any atom is 0.258 e. The van der Waals surface area contributed by atoms with Crippen LogP contribution in [0, 0.1) is 0 Å². The van der Waals surface area contributed by atoms with E-state index in [4.69, 9.17) is 15.0 Å². The molecule has 1 heterocycles. The fraction of sp³-hybridized carbons (Fsp3) is 0.0667. The van der Waals surface area contributed by atoms with Crippen molar-refractivity contribution in [3.05, 3.63) is 48.5 Å². The van der Waals surface area contributed by atoms with Crippen molar-refractivity contribution >= 4 is 5.69 Å². The van der Waals surface area contributed by atoms with Crippen LogP contribution in [0.3, 0.4) is 0 Å². The summed E-state index contributed by atoms with van der Waals surface area (Å²) in [5.41, 5.74) is 8.02. The molecule has 0 radical (unpaired) electrons. The molecule has 0 saturated heterocycles. The van der Waals surface area contributed by atoms with E-state index in [1.54, 1.807) is 19.2 Å². The summed E-state index contributed by atoms with van der Waals surface area (Å²) in [4.78, 5) is 4.38. The van der Waals surface area contributed by atoms with Crippen LogP contribution in [0.5, 0.6) is 5.75 Å². The lowest BCUT2D eigenvalue weighted by Crippen LogP contribution is -1.86. The Bertz CT molecular complexity index is 720. The summed E-state index contributed by atoms with van der Waals surface area (Å²) in [5, 5.41) is 3.99. The number of hydrogen-bond donors (Lipinski definition) is 1. The van der Waals surface area contributed by atoms with Gasteiger partial charge in [-0.1, -0.05) is 17.3 Å². The third kappa shape index (κ3) is 2.33. The molecule has 3 rings (SSSR count). The number of anilines is 1. The molecule has 0 saturated carbocycles. The lowest BCUT2D eigenvalue weighted by molar-refractivity contribution is 0.414. The molecule has 0 unspecified atom stereocenters. The number of hydrogen-bond acceptors (Lipinski definition) is 5. The van der Waals surface area contributed by atoms with Gasteiger partial charge in [-0.3, -0.25) is 0 Å². The molecule has 3 aromatic rings. The Morgan fingerprint density at radius 2 is 1.85 bits per heavy atom. The van der Waals surface area contributed by atoms with E-state index in [9.17, 15) is 0 Å². The zero-order valence-electron chi connectivity index (χ0n) is 10.9. The lowest BCUT2D eigenvalue weighted by Gasteiger charge is -1.99. The van der Waals surface area contributed by atoms with Gasteiger partial charge in [-0.2, -0.15) is 4.98 Å². The van der Waals surface area contributed by atoms with Crippen molar-refractivity contribution in [1.82, 2.24) is 10.1 Å². The van der Waals surface area contributed by atoms with E-state index in [-0.39, 0.29) is 0 Å². The van der Waals surface area contributed by atoms with Gasteiger partial charge in [0, 0.05) is 16.8 Å². The number of methoxy groups -OCH3 is 1. The van der Waals surface area contributed by atoms with Gasteiger partial charge in [-0.15, -0.1) is 0 Å². The molecule has 0 aliphatic rings. The van der Waals surface area contributed by atoms with Crippen LogP contribution in [0.2, 0.25) is 0 Å². The molecular formula is C15H13N3O2. The van der Waals surface area contributed by atoms with Crippen molar-refractivity contribution in [2.75, 3.05) is 12.8 Å². The predicted octanol–water partition coefficient (Wildman–Crippen LogP) is 2.99. The van der Waals surface area contributed by atoms with Crippen molar-refractivity contribution in [2.45, 2.75) is 0 Å². The maximum absolute atomic E-state index is 5.65. The lowest BCUT2D eigenvalue weighted by atomic mass is 10.2. The summed E-state index contributed by atoms with van der Waals surface area (Å²) in [6.07, 6.45) is 0. The smallest absolute Gasteiger partial charge is 0.258 e. The van der Waals surface area contributed by atoms with Gasteiger partial charge in [0.05, 0.1) is 7.11 Å². The molecule has 5 nitrogen and oxygen atoms in total. The number of nitrogens with two attached hydrogens (primary N) is 1. The number of rotatable bonds is 3. The van der Waals surface area contributed by atoms with E-state index in [1.165, 1.54) is 0 Å². The Morgan fingerprint density at radius 3 is 2.60 bits per heavy atom. The van der Waals surface area contributed by atoms with Crippen LogP contribution in [0.1, 0.15) is 0 Å². The zero-order chi connectivity index (χ0) is 13.9. The SMILES string of the molecule is COc1cccc(-c2noc(-c3ccc(N)cc3)n2)c1. The highest BCUT2D eigenvalue weighted by Crippen LogP contribution is 2.25. The summed E-state index contributed by atoms with van der Waals surface area (Å²) < 4.78 is 10.5. The molecule has 0 aliphatic heterocycles. The summed E-state index contributed by atoms with van der Waals surface area (Å²) in [6.45, 7) is 0. The summed E-state index contributed by atoms with van der Waals surface area (Å²) >= 11 is 0. The second-order valence-corrected chi connectivity index (χ2v) is 4.28. The topological polar surface area (TPSA) is 74.2 Å². The van der Waals surface area contributed by atoms with Gasteiger partial charge in [-0.05, 0) is 36.4 Å². The fourth-order valence-corrected chi connectivity index (χ4v) is 1.85. The van der Waals surface area contributed by atoms with E-state index < -0.39 is 0 Å². The van der Waals surface area contributed by atoms with Gasteiger partial charge < -0.3 is 15.0 Å². The summed E-state index contributed by atoms with van der Waals surface area (Å²) in [6, 6.07) is 14.8. The Hall–Kier alpha value is -2.82. The second kappa shape index (κ2) is 5.05. The molecule has 20 heavy (non-hydrogen) atoms. The maximum atomic E-state index is 5.65. The highest BCUT2D eigenvalue weighted by molar-refractivity contribution is 5.62. The Morgan fingerprint density at radius 1 is 1.05 bits per heavy atom. The molecule has 0 fully saturated rings. The molecule has 2 aromatic carbocycles. The van der Waals surface area contributed by atoms with Crippen LogP contribution in [-0.2, 0) is 0 Å². The largest absolute Gasteiger partial charge is 0.497 e. The first-order chi connectivity index (χ1) is 9.76. The monoisotopic (exact) mass is 267 g/mol. The first-order valence-electron chi connectivity index (χ1n) is 6.10. The van der Waals surface area contributed by atoms with Crippen LogP contribution in [0.25, 0.3) is 22.8 Å². The average molecular weight is 267 g/mol. The first-order valence-corrected chi connectivity index (χ1v) is 6.10. The number of nitrogen functional groups attached to an aromatic ring is 1. The fourth-order valence-electron chi connectivity index (χ4n) is 1.85. The van der Waals surface area contributed by atoms with E-state index in [0.29, 0.717) is 17.4 Å². The average Bonchev–Trinajstić information content (AvgIpc) is 2.98. The van der Waals surface area contributed by atoms with Gasteiger partial charge in [0.25, 0.3) is 5.89 Å². The zero-order valence-corrected chi connectivity index (χ0v) is 10.9. The highest BCUT2D eigenvalue weighted by atomic mass is 16.5. The van der Waals surface area contributed by atoms with Crippen molar-refractivity contribution in [1.29, 1.82) is 0 Å². The molecule has 100 valence electrons. The number of ether oxygens (including phenoxy) is 1. The van der Waals surface area contributed by atoms with Crippen LogP contribution >= 0.6 is 0 Å². The minimum atomic E-state index is 0.461. The molecule has 0 aliphatic carbocycles. The number of benzene rings is 2. The van der Waals surface area contributed by atoms with E-state index >= 15 is 0 Å². The van der Waals surface area contributed by atoms with Gasteiger partial charge in [0.1, 0.15) is 5.75 Å². The molecule has 0 atom stereocenters. The third-order valence-corrected chi connectivity index (χ3v) is 2.91. The number of nitrogens with zero attached hydrogens (tertiary/aromatic N) is 2. The Kier molecular flexibility index (Phi) is 3.09. The van der Waals surface area contributed by atoms with Gasteiger partial charge in [0.2, 0.25) is 5.82 Å². The predicted molar refractivity (Wildman–Crippen MR) is 76.1 cm³/mol. The number of aromatic nitrogens is 2. The minimum absolute atomic E-state index is 0.461. The molecule has 0 amide bonds. The summed E-state index contributed by atoms with van der Waals surface area (Å²) in [7, 11) is 1.62. The van der Waals surface area contributed by atoms with Crippen molar-refractivity contribution < 1.29 is 9.26 Å². The quantitative estimate of drug-likeness (QED) is 0.738.